The smallest absolute Gasteiger partial charge is 0.332 e. The van der Waals surface area contributed by atoms with Crippen molar-refractivity contribution in [1.82, 2.24) is 4.90 Å². The first-order valence-corrected chi connectivity index (χ1v) is 11.7. The predicted molar refractivity (Wildman–Crippen MR) is 117 cm³/mol. The highest BCUT2D eigenvalue weighted by Crippen LogP contribution is 2.42. The summed E-state index contributed by atoms with van der Waals surface area (Å²) in [6, 6.07) is 2.61. The van der Waals surface area contributed by atoms with Gasteiger partial charge in [0, 0.05) is 30.6 Å². The van der Waals surface area contributed by atoms with Crippen LogP contribution in [0.5, 0.6) is 0 Å². The maximum Gasteiger partial charge on any atom is 0.332 e. The lowest BCUT2D eigenvalue weighted by Crippen LogP contribution is -2.53. The number of carboxylic acid groups (broad SMARTS) is 1. The average Bonchev–Trinajstić information content (AvgIpc) is 3.30. The molecule has 1 heterocycles. The third-order valence-electron chi connectivity index (χ3n) is 6.98. The number of benzene rings is 1. The average molecular weight is 450 g/mol. The van der Waals surface area contributed by atoms with Gasteiger partial charge in [0.25, 0.3) is 0 Å². The molecule has 4 rings (SSSR count). The van der Waals surface area contributed by atoms with Crippen LogP contribution in [0.4, 0.5) is 20.6 Å². The van der Waals surface area contributed by atoms with E-state index in [9.17, 15) is 19.8 Å². The number of halogens is 1. The van der Waals surface area contributed by atoms with E-state index < -0.39 is 30.1 Å². The van der Waals surface area contributed by atoms with E-state index in [4.69, 9.17) is 5.11 Å². The second kappa shape index (κ2) is 9.62. The summed E-state index contributed by atoms with van der Waals surface area (Å²) in [7, 11) is 0. The largest absolute Gasteiger partial charge is 0.479 e. The number of anilines is 2. The van der Waals surface area contributed by atoms with Crippen LogP contribution in [0.3, 0.4) is 0 Å². The molecule has 0 radical (unpaired) electrons. The summed E-state index contributed by atoms with van der Waals surface area (Å²) in [5, 5.41) is 32.8. The van der Waals surface area contributed by atoms with E-state index in [1.807, 2.05) is 0 Å². The Kier molecular flexibility index (Phi) is 6.85. The monoisotopic (exact) mass is 449 g/mol. The van der Waals surface area contributed by atoms with E-state index in [-0.39, 0.29) is 30.6 Å². The van der Waals surface area contributed by atoms with Gasteiger partial charge in [0.2, 0.25) is 0 Å². The Morgan fingerprint density at radius 2 is 1.78 bits per heavy atom. The number of carboxylic acids is 1. The maximum atomic E-state index is 15.0. The molecule has 0 spiro atoms. The van der Waals surface area contributed by atoms with Crippen LogP contribution in [0.25, 0.3) is 0 Å². The Hall–Kier alpha value is -2.39. The normalized spacial score (nSPS) is 23.3. The molecule has 176 valence electrons. The van der Waals surface area contributed by atoms with Gasteiger partial charge in [0.05, 0.1) is 11.4 Å². The van der Waals surface area contributed by atoms with Gasteiger partial charge < -0.3 is 20.6 Å². The number of hydrogen-bond donors (Lipinski definition) is 4. The Labute approximate surface area is 187 Å². The number of carbonyl (C=O) groups excluding carboxylic acids is 1. The van der Waals surface area contributed by atoms with Crippen molar-refractivity contribution in [3.8, 4) is 0 Å². The summed E-state index contributed by atoms with van der Waals surface area (Å²) in [6.45, 7) is -0.153. The molecule has 0 aromatic heterocycles. The van der Waals surface area contributed by atoms with Gasteiger partial charge in [-0.3, -0.25) is 9.80 Å². The third kappa shape index (κ3) is 4.54. The third-order valence-corrected chi connectivity index (χ3v) is 6.98. The SMILES string of the molecule is O=C(O)C(O)CCN1C(=O)N(C2CCCC2)c2cc(NC3CCCCC3)c(F)cc2C1O. The van der Waals surface area contributed by atoms with Crippen molar-refractivity contribution >= 4 is 23.4 Å². The summed E-state index contributed by atoms with van der Waals surface area (Å²) in [5.41, 5.74) is 1.13. The molecule has 4 N–H and O–H groups in total. The van der Waals surface area contributed by atoms with Crippen LogP contribution in [0.2, 0.25) is 0 Å². The van der Waals surface area contributed by atoms with E-state index in [1.165, 1.54) is 12.5 Å². The number of nitrogens with one attached hydrogen (secondary N) is 1. The Balaban J connectivity index is 1.65. The Morgan fingerprint density at radius 3 is 2.44 bits per heavy atom. The number of hydrogen-bond acceptors (Lipinski definition) is 5. The molecule has 2 fully saturated rings. The second-order valence-corrected chi connectivity index (χ2v) is 9.17. The van der Waals surface area contributed by atoms with Crippen LogP contribution in [0.1, 0.15) is 76.0 Å². The number of fused-ring (bicyclic) bond motifs is 1. The van der Waals surface area contributed by atoms with E-state index in [0.29, 0.717) is 11.4 Å². The molecule has 1 aromatic carbocycles. The molecule has 0 bridgehead atoms. The minimum absolute atomic E-state index is 0.0614. The molecule has 2 aliphatic carbocycles. The van der Waals surface area contributed by atoms with Crippen molar-refractivity contribution in [2.24, 2.45) is 0 Å². The number of aliphatic carboxylic acids is 1. The van der Waals surface area contributed by atoms with Gasteiger partial charge >= 0.3 is 12.0 Å². The zero-order chi connectivity index (χ0) is 22.8. The van der Waals surface area contributed by atoms with Crippen molar-refractivity contribution in [3.05, 3.63) is 23.5 Å². The van der Waals surface area contributed by atoms with E-state index in [0.717, 1.165) is 56.3 Å². The highest BCUT2D eigenvalue weighted by molar-refractivity contribution is 5.96. The van der Waals surface area contributed by atoms with Gasteiger partial charge in [0.15, 0.2) is 12.3 Å². The quantitative estimate of drug-likeness (QED) is 0.506. The fourth-order valence-corrected chi connectivity index (χ4v) is 5.20. The molecule has 1 aliphatic heterocycles. The summed E-state index contributed by atoms with van der Waals surface area (Å²) in [4.78, 5) is 27.1. The molecule has 8 nitrogen and oxygen atoms in total. The fraction of sp³-hybridized carbons (Fsp3) is 0.652. The Bertz CT molecular complexity index is 854. The van der Waals surface area contributed by atoms with E-state index >= 15 is 4.39 Å². The van der Waals surface area contributed by atoms with E-state index in [2.05, 4.69) is 5.32 Å². The number of carbonyl (C=O) groups is 2. The lowest BCUT2D eigenvalue weighted by molar-refractivity contribution is -0.147. The van der Waals surface area contributed by atoms with Crippen molar-refractivity contribution in [2.45, 2.75) is 88.6 Å². The second-order valence-electron chi connectivity index (χ2n) is 9.17. The predicted octanol–water partition coefficient (Wildman–Crippen LogP) is 3.58. The lowest BCUT2D eigenvalue weighted by atomic mass is 9.95. The minimum atomic E-state index is -1.64. The van der Waals surface area contributed by atoms with Crippen molar-refractivity contribution in [2.75, 3.05) is 16.8 Å². The van der Waals surface area contributed by atoms with Gasteiger partial charge in [0.1, 0.15) is 5.82 Å². The molecule has 2 unspecified atom stereocenters. The topological polar surface area (TPSA) is 113 Å². The highest BCUT2D eigenvalue weighted by atomic mass is 19.1. The first-order chi connectivity index (χ1) is 15.4. The standard InChI is InChI=1S/C23H32FN3O5/c24-17-12-16-19(13-18(17)25-14-6-2-1-3-7-14)27(15-8-4-5-9-15)23(32)26(21(16)29)11-10-20(28)22(30)31/h12-15,20-21,25,28-29H,1-11H2,(H,30,31). The maximum absolute atomic E-state index is 15.0. The van der Waals surface area contributed by atoms with Crippen LogP contribution in [-0.2, 0) is 4.79 Å². The van der Waals surface area contributed by atoms with Crippen LogP contribution < -0.4 is 10.2 Å². The Morgan fingerprint density at radius 1 is 1.12 bits per heavy atom. The number of aliphatic hydroxyl groups is 2. The molecule has 2 saturated carbocycles. The van der Waals surface area contributed by atoms with Crippen molar-refractivity contribution in [1.29, 1.82) is 0 Å². The van der Waals surface area contributed by atoms with Gasteiger partial charge in [-0.25, -0.2) is 14.0 Å². The molecule has 32 heavy (non-hydrogen) atoms. The fourth-order valence-electron chi connectivity index (χ4n) is 5.20. The highest BCUT2D eigenvalue weighted by Gasteiger charge is 2.41. The van der Waals surface area contributed by atoms with Crippen LogP contribution in [0.15, 0.2) is 12.1 Å². The molecule has 0 saturated heterocycles. The van der Waals surface area contributed by atoms with Gasteiger partial charge in [-0.2, -0.15) is 0 Å². The molecule has 9 heteroatoms. The van der Waals surface area contributed by atoms with Crippen LogP contribution >= 0.6 is 0 Å². The van der Waals surface area contributed by atoms with E-state index in [1.54, 1.807) is 11.0 Å². The summed E-state index contributed by atoms with van der Waals surface area (Å²) < 4.78 is 15.0. The number of aliphatic hydroxyl groups excluding tert-OH is 2. The summed E-state index contributed by atoms with van der Waals surface area (Å²) >= 11 is 0. The lowest BCUT2D eigenvalue weighted by Gasteiger charge is -2.43. The van der Waals surface area contributed by atoms with Gasteiger partial charge in [-0.15, -0.1) is 0 Å². The molecule has 2 amide bonds. The number of nitrogens with zero attached hydrogens (tertiary/aromatic N) is 2. The molecular formula is C23H32FN3O5. The molecular weight excluding hydrogens is 417 g/mol. The first-order valence-electron chi connectivity index (χ1n) is 11.7. The molecule has 3 aliphatic rings. The van der Waals surface area contributed by atoms with Crippen molar-refractivity contribution in [3.63, 3.8) is 0 Å². The van der Waals surface area contributed by atoms with Gasteiger partial charge in [-0.1, -0.05) is 32.1 Å². The van der Waals surface area contributed by atoms with Gasteiger partial charge in [-0.05, 0) is 37.8 Å². The molecule has 1 aromatic rings. The van der Waals surface area contributed by atoms with Crippen LogP contribution in [0, 0.1) is 5.82 Å². The summed E-state index contributed by atoms with van der Waals surface area (Å²) in [5.74, 6) is -1.87. The molecule has 2 atom stereocenters. The van der Waals surface area contributed by atoms with Crippen LogP contribution in [-0.4, -0.2) is 57.0 Å². The number of amides is 2. The minimum Gasteiger partial charge on any atom is -0.479 e. The zero-order valence-corrected chi connectivity index (χ0v) is 18.2. The summed E-state index contributed by atoms with van der Waals surface area (Å²) in [6.07, 6.45) is 5.67. The van der Waals surface area contributed by atoms with Crippen molar-refractivity contribution < 1.29 is 29.3 Å². The number of urea groups is 1. The zero-order valence-electron chi connectivity index (χ0n) is 18.2. The first kappa shape index (κ1) is 22.8. The number of rotatable bonds is 7.